The second kappa shape index (κ2) is 6.88. The van der Waals surface area contributed by atoms with Crippen molar-refractivity contribution in [1.29, 1.82) is 0 Å². The smallest absolute Gasteiger partial charge is 0.127 e. The van der Waals surface area contributed by atoms with Gasteiger partial charge in [0.25, 0.3) is 0 Å². The quantitative estimate of drug-likeness (QED) is 0.907. The second-order valence-corrected chi connectivity index (χ2v) is 6.50. The number of methoxy groups -OCH3 is 2. The van der Waals surface area contributed by atoms with E-state index in [1.54, 1.807) is 14.2 Å². The average Bonchev–Trinajstić information content (AvgIpc) is 2.51. The van der Waals surface area contributed by atoms with Gasteiger partial charge in [0.05, 0.1) is 19.8 Å². The first-order valence-corrected chi connectivity index (χ1v) is 8.42. The summed E-state index contributed by atoms with van der Waals surface area (Å²) < 4.78 is 11.5. The van der Waals surface area contributed by atoms with Crippen LogP contribution in [0.2, 0.25) is 0 Å². The zero-order valence-electron chi connectivity index (χ0n) is 14.0. The van der Waals surface area contributed by atoms with E-state index >= 15 is 0 Å². The van der Waals surface area contributed by atoms with Crippen molar-refractivity contribution in [1.82, 2.24) is 10.2 Å². The Balaban J connectivity index is 2.02. The number of piperazine rings is 1. The van der Waals surface area contributed by atoms with Gasteiger partial charge < -0.3 is 14.8 Å². The van der Waals surface area contributed by atoms with Gasteiger partial charge in [-0.05, 0) is 43.4 Å². The lowest BCUT2D eigenvalue weighted by Crippen LogP contribution is -2.48. The highest BCUT2D eigenvalue weighted by molar-refractivity contribution is 5.50. The second-order valence-electron chi connectivity index (χ2n) is 6.50. The maximum absolute atomic E-state index is 5.74. The van der Waals surface area contributed by atoms with Crippen LogP contribution in [0, 0.1) is 12.8 Å². The number of nitrogens with one attached hydrogen (secondary N) is 1. The third-order valence-electron chi connectivity index (χ3n) is 5.13. The van der Waals surface area contributed by atoms with E-state index in [4.69, 9.17) is 9.47 Å². The van der Waals surface area contributed by atoms with Crippen LogP contribution < -0.4 is 14.8 Å². The lowest BCUT2D eigenvalue weighted by Gasteiger charge is -2.44. The molecule has 1 N–H and O–H groups in total. The molecule has 1 heterocycles. The molecular weight excluding hydrogens is 276 g/mol. The molecule has 1 saturated carbocycles. The highest BCUT2D eigenvalue weighted by atomic mass is 16.5. The van der Waals surface area contributed by atoms with Crippen LogP contribution >= 0.6 is 0 Å². The van der Waals surface area contributed by atoms with Gasteiger partial charge in [0.15, 0.2) is 0 Å². The van der Waals surface area contributed by atoms with E-state index in [0.29, 0.717) is 6.04 Å². The van der Waals surface area contributed by atoms with Crippen LogP contribution in [0.1, 0.15) is 36.4 Å². The molecule has 4 heteroatoms. The number of aryl methyl sites for hydroxylation is 1. The first-order chi connectivity index (χ1) is 10.7. The Morgan fingerprint density at radius 1 is 1.09 bits per heavy atom. The van der Waals surface area contributed by atoms with Crippen molar-refractivity contribution in [3.05, 3.63) is 23.3 Å². The minimum Gasteiger partial charge on any atom is -0.496 e. The first-order valence-electron chi connectivity index (χ1n) is 8.42. The van der Waals surface area contributed by atoms with Gasteiger partial charge >= 0.3 is 0 Å². The molecule has 2 fully saturated rings. The van der Waals surface area contributed by atoms with Gasteiger partial charge in [-0.3, -0.25) is 4.90 Å². The number of hydrogen-bond acceptors (Lipinski definition) is 4. The summed E-state index contributed by atoms with van der Waals surface area (Å²) in [6, 6.07) is 4.71. The molecule has 0 unspecified atom stereocenters. The Labute approximate surface area is 133 Å². The maximum Gasteiger partial charge on any atom is 0.127 e. The molecule has 2 aliphatic rings. The van der Waals surface area contributed by atoms with Crippen LogP contribution in [0.4, 0.5) is 0 Å². The Morgan fingerprint density at radius 3 is 2.14 bits per heavy atom. The Morgan fingerprint density at radius 2 is 1.68 bits per heavy atom. The highest BCUT2D eigenvalue weighted by Crippen LogP contribution is 2.48. The third-order valence-corrected chi connectivity index (χ3v) is 5.13. The SMILES string of the molecule is COc1cc(C)cc(OC)c1[C@H](C1CCC1)N1CCNCC1. The van der Waals surface area contributed by atoms with Crippen LogP contribution in [0.5, 0.6) is 11.5 Å². The number of benzene rings is 1. The molecule has 122 valence electrons. The minimum atomic E-state index is 0.418. The fourth-order valence-corrected chi connectivity index (χ4v) is 3.79. The van der Waals surface area contributed by atoms with E-state index in [9.17, 15) is 0 Å². The first kappa shape index (κ1) is 15.6. The summed E-state index contributed by atoms with van der Waals surface area (Å²) in [7, 11) is 3.54. The molecule has 4 nitrogen and oxygen atoms in total. The van der Waals surface area contributed by atoms with Crippen molar-refractivity contribution in [3.8, 4) is 11.5 Å². The van der Waals surface area contributed by atoms with E-state index in [2.05, 4.69) is 29.3 Å². The van der Waals surface area contributed by atoms with Crippen LogP contribution in [0.15, 0.2) is 12.1 Å². The Hall–Kier alpha value is -1.26. The van der Waals surface area contributed by atoms with Gasteiger partial charge in [0.1, 0.15) is 11.5 Å². The fourth-order valence-electron chi connectivity index (χ4n) is 3.79. The lowest BCUT2D eigenvalue weighted by atomic mass is 9.75. The van der Waals surface area contributed by atoms with Gasteiger partial charge in [-0.2, -0.15) is 0 Å². The molecule has 0 amide bonds. The van der Waals surface area contributed by atoms with Crippen molar-refractivity contribution < 1.29 is 9.47 Å². The topological polar surface area (TPSA) is 33.7 Å². The summed E-state index contributed by atoms with van der Waals surface area (Å²) in [5.41, 5.74) is 2.44. The molecule has 3 rings (SSSR count). The predicted octanol–water partition coefficient (Wildman–Crippen LogP) is 2.76. The van der Waals surface area contributed by atoms with E-state index in [-0.39, 0.29) is 0 Å². The van der Waals surface area contributed by atoms with Crippen LogP contribution in [0.25, 0.3) is 0 Å². The molecular formula is C18H28N2O2. The standard InChI is InChI=1S/C18H28N2O2/c1-13-11-15(21-2)17(16(12-13)22-3)18(14-5-4-6-14)20-9-7-19-8-10-20/h11-12,14,18-19H,4-10H2,1-3H3/t18-/m0/s1. The zero-order chi connectivity index (χ0) is 15.5. The molecule has 1 aliphatic carbocycles. The molecule has 1 aliphatic heterocycles. The minimum absolute atomic E-state index is 0.418. The van der Waals surface area contributed by atoms with E-state index in [0.717, 1.165) is 43.6 Å². The van der Waals surface area contributed by atoms with Gasteiger partial charge in [-0.1, -0.05) is 6.42 Å². The van der Waals surface area contributed by atoms with Crippen molar-refractivity contribution in [3.63, 3.8) is 0 Å². The zero-order valence-corrected chi connectivity index (χ0v) is 14.0. The monoisotopic (exact) mass is 304 g/mol. The Bertz CT molecular complexity index is 483. The van der Waals surface area contributed by atoms with Crippen LogP contribution in [-0.4, -0.2) is 45.3 Å². The number of rotatable bonds is 5. The van der Waals surface area contributed by atoms with E-state index in [1.807, 2.05) is 0 Å². The highest BCUT2D eigenvalue weighted by Gasteiger charge is 2.37. The molecule has 1 saturated heterocycles. The van der Waals surface area contributed by atoms with Crippen LogP contribution in [0.3, 0.4) is 0 Å². The van der Waals surface area contributed by atoms with Crippen molar-refractivity contribution in [2.24, 2.45) is 5.92 Å². The van der Waals surface area contributed by atoms with Gasteiger partial charge in [-0.15, -0.1) is 0 Å². The summed E-state index contributed by atoms with van der Waals surface area (Å²) in [5, 5.41) is 3.46. The molecule has 1 aromatic carbocycles. The Kier molecular flexibility index (Phi) is 4.89. The summed E-state index contributed by atoms with van der Waals surface area (Å²) in [6.45, 7) is 6.43. The summed E-state index contributed by atoms with van der Waals surface area (Å²) in [5.74, 6) is 2.68. The molecule has 0 radical (unpaired) electrons. The summed E-state index contributed by atoms with van der Waals surface area (Å²) in [6.07, 6.45) is 3.98. The maximum atomic E-state index is 5.74. The molecule has 22 heavy (non-hydrogen) atoms. The van der Waals surface area contributed by atoms with Crippen LogP contribution in [-0.2, 0) is 0 Å². The fraction of sp³-hybridized carbons (Fsp3) is 0.667. The molecule has 0 aromatic heterocycles. The molecule has 0 bridgehead atoms. The summed E-state index contributed by atoms with van der Waals surface area (Å²) in [4.78, 5) is 2.62. The van der Waals surface area contributed by atoms with Crippen molar-refractivity contribution in [2.75, 3.05) is 40.4 Å². The predicted molar refractivity (Wildman–Crippen MR) is 88.8 cm³/mol. The van der Waals surface area contributed by atoms with E-state index in [1.165, 1.54) is 30.4 Å². The van der Waals surface area contributed by atoms with Gasteiger partial charge in [-0.25, -0.2) is 0 Å². The molecule has 1 aromatic rings. The lowest BCUT2D eigenvalue weighted by molar-refractivity contribution is 0.0799. The molecule has 1 atom stereocenters. The van der Waals surface area contributed by atoms with Gasteiger partial charge in [0.2, 0.25) is 0 Å². The number of nitrogens with zero attached hydrogens (tertiary/aromatic N) is 1. The van der Waals surface area contributed by atoms with E-state index < -0.39 is 0 Å². The largest absolute Gasteiger partial charge is 0.496 e. The normalized spacial score (nSPS) is 21.2. The number of hydrogen-bond donors (Lipinski definition) is 1. The summed E-state index contributed by atoms with van der Waals surface area (Å²) >= 11 is 0. The third kappa shape index (κ3) is 2.95. The number of ether oxygens (including phenoxy) is 2. The van der Waals surface area contributed by atoms with Crippen molar-refractivity contribution >= 4 is 0 Å². The van der Waals surface area contributed by atoms with Gasteiger partial charge in [0, 0.05) is 32.2 Å². The average molecular weight is 304 g/mol. The van der Waals surface area contributed by atoms with Crippen molar-refractivity contribution in [2.45, 2.75) is 32.2 Å². The molecule has 0 spiro atoms.